The van der Waals surface area contributed by atoms with E-state index >= 15 is 0 Å². The summed E-state index contributed by atoms with van der Waals surface area (Å²) in [6.45, 7) is 2.36. The summed E-state index contributed by atoms with van der Waals surface area (Å²) < 4.78 is 10.9. The van der Waals surface area contributed by atoms with Crippen LogP contribution in [0.1, 0.15) is 17.8 Å². The molecule has 0 saturated heterocycles. The third kappa shape index (κ3) is 3.65. The summed E-state index contributed by atoms with van der Waals surface area (Å²) in [6, 6.07) is 17.6. The highest BCUT2D eigenvalue weighted by Gasteiger charge is 2.10. The highest BCUT2D eigenvalue weighted by Crippen LogP contribution is 2.25. The fraction of sp³-hybridized carbons (Fsp3) is 0.150. The van der Waals surface area contributed by atoms with Gasteiger partial charge in [0.15, 0.2) is 6.61 Å². The van der Waals surface area contributed by atoms with Crippen LogP contribution in [0.15, 0.2) is 64.5 Å². The number of aryl methyl sites for hydroxylation is 1. The monoisotopic (exact) mass is 363 g/mol. The van der Waals surface area contributed by atoms with Gasteiger partial charge in [0.1, 0.15) is 5.75 Å². The molecule has 130 valence electrons. The Morgan fingerprint density at radius 1 is 0.962 bits per heavy atom. The molecule has 0 bridgehead atoms. The molecule has 0 aliphatic rings. The number of para-hydroxylation sites is 1. The van der Waals surface area contributed by atoms with Crippen LogP contribution in [0.5, 0.6) is 5.75 Å². The summed E-state index contributed by atoms with van der Waals surface area (Å²) >= 11 is 1.69. The molecule has 4 rings (SSSR count). The molecular formula is C20H17N3O2S. The van der Waals surface area contributed by atoms with E-state index in [1.807, 2.05) is 54.6 Å². The second kappa shape index (κ2) is 7.49. The number of benzene rings is 2. The lowest BCUT2D eigenvalue weighted by Crippen LogP contribution is -1.95. The van der Waals surface area contributed by atoms with Gasteiger partial charge in [-0.3, -0.25) is 0 Å². The van der Waals surface area contributed by atoms with E-state index in [0.717, 1.165) is 34.0 Å². The zero-order valence-electron chi connectivity index (χ0n) is 14.3. The van der Waals surface area contributed by atoms with Gasteiger partial charge in [-0.1, -0.05) is 54.5 Å². The van der Waals surface area contributed by atoms with Crippen molar-refractivity contribution in [1.82, 2.24) is 15.1 Å². The van der Waals surface area contributed by atoms with E-state index in [2.05, 4.69) is 27.4 Å². The Morgan fingerprint density at radius 2 is 1.73 bits per heavy atom. The Bertz CT molecular complexity index is 978. The molecule has 2 heterocycles. The molecule has 4 aromatic rings. The van der Waals surface area contributed by atoms with Crippen molar-refractivity contribution in [3.8, 4) is 28.4 Å². The molecule has 0 saturated carbocycles. The van der Waals surface area contributed by atoms with Gasteiger partial charge >= 0.3 is 0 Å². The number of thiazole rings is 1. The molecule has 6 heteroatoms. The van der Waals surface area contributed by atoms with Gasteiger partial charge in [0.25, 0.3) is 5.89 Å². The van der Waals surface area contributed by atoms with Crippen LogP contribution in [-0.4, -0.2) is 15.1 Å². The largest absolute Gasteiger partial charge is 0.484 e. The lowest BCUT2D eigenvalue weighted by molar-refractivity contribution is 0.243. The number of rotatable bonds is 6. The molecule has 0 aliphatic heterocycles. The topological polar surface area (TPSA) is 61.0 Å². The quantitative estimate of drug-likeness (QED) is 0.482. The van der Waals surface area contributed by atoms with Crippen molar-refractivity contribution in [2.24, 2.45) is 0 Å². The first-order valence-corrected chi connectivity index (χ1v) is 9.25. The summed E-state index contributed by atoms with van der Waals surface area (Å²) in [5.74, 6) is 1.77. The molecule has 2 aromatic carbocycles. The lowest BCUT2D eigenvalue weighted by atomic mass is 10.1. The van der Waals surface area contributed by atoms with E-state index in [1.54, 1.807) is 11.3 Å². The number of aromatic nitrogens is 3. The van der Waals surface area contributed by atoms with E-state index in [4.69, 9.17) is 9.26 Å². The minimum absolute atomic E-state index is 0.244. The van der Waals surface area contributed by atoms with Crippen LogP contribution in [0.4, 0.5) is 0 Å². The molecule has 0 spiro atoms. The fourth-order valence-corrected chi connectivity index (χ4v) is 3.24. The number of hydrogen-bond acceptors (Lipinski definition) is 6. The summed E-state index contributed by atoms with van der Waals surface area (Å²) in [4.78, 5) is 9.01. The van der Waals surface area contributed by atoms with Gasteiger partial charge in [-0.2, -0.15) is 4.98 Å². The molecule has 2 aromatic heterocycles. The molecule has 0 atom stereocenters. The molecule has 0 amide bonds. The number of ether oxygens (including phenoxy) is 1. The summed E-state index contributed by atoms with van der Waals surface area (Å²) in [5.41, 5.74) is 2.98. The summed E-state index contributed by atoms with van der Waals surface area (Å²) in [5, 5.41) is 7.27. The molecule has 0 unspecified atom stereocenters. The van der Waals surface area contributed by atoms with Gasteiger partial charge < -0.3 is 9.26 Å². The van der Waals surface area contributed by atoms with Crippen molar-refractivity contribution in [2.45, 2.75) is 20.0 Å². The SMILES string of the molecule is CCc1nc(-c2ccc(-c3noc(COc4ccccc4)n3)cc2)cs1. The molecule has 0 radical (unpaired) electrons. The summed E-state index contributed by atoms with van der Waals surface area (Å²) in [6.07, 6.45) is 0.958. The highest BCUT2D eigenvalue weighted by atomic mass is 32.1. The molecular weight excluding hydrogens is 346 g/mol. The van der Waals surface area contributed by atoms with E-state index in [-0.39, 0.29) is 6.61 Å². The summed E-state index contributed by atoms with van der Waals surface area (Å²) in [7, 11) is 0. The molecule has 0 fully saturated rings. The fourth-order valence-electron chi connectivity index (χ4n) is 2.49. The molecule has 0 N–H and O–H groups in total. The van der Waals surface area contributed by atoms with Gasteiger partial charge in [-0.05, 0) is 18.6 Å². The van der Waals surface area contributed by atoms with Crippen LogP contribution in [0, 0.1) is 0 Å². The maximum absolute atomic E-state index is 5.63. The average molecular weight is 363 g/mol. The van der Waals surface area contributed by atoms with Crippen molar-refractivity contribution in [2.75, 3.05) is 0 Å². The third-order valence-corrected chi connectivity index (χ3v) is 4.86. The van der Waals surface area contributed by atoms with E-state index in [0.29, 0.717) is 11.7 Å². The Balaban J connectivity index is 1.45. The standard InChI is InChI=1S/C20H17N3O2S/c1-2-19-21-17(13-26-19)14-8-10-15(11-9-14)20-22-18(25-23-20)12-24-16-6-4-3-5-7-16/h3-11,13H,2,12H2,1H3. The Hall–Kier alpha value is -2.99. The normalized spacial score (nSPS) is 10.8. The predicted octanol–water partition coefficient (Wildman–Crippen LogP) is 5.00. The van der Waals surface area contributed by atoms with Crippen LogP contribution < -0.4 is 4.74 Å². The van der Waals surface area contributed by atoms with Crippen molar-refractivity contribution in [3.05, 3.63) is 70.9 Å². The Morgan fingerprint density at radius 3 is 2.46 bits per heavy atom. The van der Waals surface area contributed by atoms with Crippen LogP contribution >= 0.6 is 11.3 Å². The zero-order valence-corrected chi connectivity index (χ0v) is 15.1. The van der Waals surface area contributed by atoms with Crippen molar-refractivity contribution in [3.63, 3.8) is 0 Å². The van der Waals surface area contributed by atoms with E-state index in [1.165, 1.54) is 0 Å². The minimum atomic E-state index is 0.244. The van der Waals surface area contributed by atoms with Gasteiger partial charge in [-0.25, -0.2) is 4.98 Å². The molecule has 0 aliphatic carbocycles. The van der Waals surface area contributed by atoms with Gasteiger partial charge in [0.2, 0.25) is 5.82 Å². The third-order valence-electron chi connectivity index (χ3n) is 3.87. The molecule has 26 heavy (non-hydrogen) atoms. The first-order valence-electron chi connectivity index (χ1n) is 8.37. The van der Waals surface area contributed by atoms with Crippen LogP contribution in [0.2, 0.25) is 0 Å². The Labute approximate surface area is 155 Å². The van der Waals surface area contributed by atoms with Crippen molar-refractivity contribution >= 4 is 11.3 Å². The van der Waals surface area contributed by atoms with Gasteiger partial charge in [-0.15, -0.1) is 11.3 Å². The zero-order chi connectivity index (χ0) is 17.8. The lowest BCUT2D eigenvalue weighted by Gasteiger charge is -2.01. The maximum Gasteiger partial charge on any atom is 0.264 e. The van der Waals surface area contributed by atoms with Crippen LogP contribution in [0.3, 0.4) is 0 Å². The minimum Gasteiger partial charge on any atom is -0.484 e. The van der Waals surface area contributed by atoms with Crippen LogP contribution in [-0.2, 0) is 13.0 Å². The van der Waals surface area contributed by atoms with Gasteiger partial charge in [0.05, 0.1) is 10.7 Å². The first kappa shape index (κ1) is 16.5. The second-order valence-corrected chi connectivity index (χ2v) is 6.61. The molecule has 5 nitrogen and oxygen atoms in total. The number of hydrogen-bond donors (Lipinski definition) is 0. The van der Waals surface area contributed by atoms with E-state index in [9.17, 15) is 0 Å². The van der Waals surface area contributed by atoms with Gasteiger partial charge in [0, 0.05) is 16.5 Å². The van der Waals surface area contributed by atoms with Crippen LogP contribution in [0.25, 0.3) is 22.6 Å². The number of nitrogens with zero attached hydrogens (tertiary/aromatic N) is 3. The first-order chi connectivity index (χ1) is 12.8. The highest BCUT2D eigenvalue weighted by molar-refractivity contribution is 7.09. The maximum atomic E-state index is 5.63. The second-order valence-electron chi connectivity index (χ2n) is 5.67. The van der Waals surface area contributed by atoms with E-state index < -0.39 is 0 Å². The van der Waals surface area contributed by atoms with Crippen molar-refractivity contribution < 1.29 is 9.26 Å². The van der Waals surface area contributed by atoms with Crippen molar-refractivity contribution in [1.29, 1.82) is 0 Å². The Kier molecular flexibility index (Phi) is 4.75. The smallest absolute Gasteiger partial charge is 0.264 e. The average Bonchev–Trinajstić information content (AvgIpc) is 3.37. The predicted molar refractivity (Wildman–Crippen MR) is 101 cm³/mol.